The second kappa shape index (κ2) is 10.1. The zero-order valence-corrected chi connectivity index (χ0v) is 15.6. The summed E-state index contributed by atoms with van der Waals surface area (Å²) in [7, 11) is 1.48. The molecule has 1 fully saturated rings. The van der Waals surface area contributed by atoms with Crippen molar-refractivity contribution in [2.75, 3.05) is 39.9 Å². The zero-order chi connectivity index (χ0) is 18.9. The average molecular weight is 382 g/mol. The number of likely N-dealkylation sites (tertiary alicyclic amines) is 1. The van der Waals surface area contributed by atoms with Gasteiger partial charge in [0.1, 0.15) is 6.61 Å². The Bertz CT molecular complexity index is 653. The molecule has 2 N–H and O–H groups in total. The van der Waals surface area contributed by atoms with Crippen molar-refractivity contribution in [2.24, 2.45) is 5.92 Å². The van der Waals surface area contributed by atoms with Crippen molar-refractivity contribution >= 4 is 29.3 Å². The first-order valence-electron chi connectivity index (χ1n) is 8.60. The number of rotatable bonds is 7. The third kappa shape index (κ3) is 5.71. The largest absolute Gasteiger partial charge is 0.375 e. The first-order chi connectivity index (χ1) is 12.5. The van der Waals surface area contributed by atoms with Crippen LogP contribution in [0.5, 0.6) is 0 Å². The summed E-state index contributed by atoms with van der Waals surface area (Å²) < 4.78 is 4.86. The first kappa shape index (κ1) is 20.2. The number of carbonyl (C=O) groups is 3. The number of hydrogen-bond acceptors (Lipinski definition) is 4. The van der Waals surface area contributed by atoms with Crippen molar-refractivity contribution in [1.82, 2.24) is 15.5 Å². The van der Waals surface area contributed by atoms with Crippen molar-refractivity contribution < 1.29 is 19.1 Å². The number of hydrogen-bond donors (Lipinski definition) is 2. The van der Waals surface area contributed by atoms with E-state index in [9.17, 15) is 14.4 Å². The summed E-state index contributed by atoms with van der Waals surface area (Å²) in [4.78, 5) is 37.8. The number of ether oxygens (including phenoxy) is 1. The molecule has 1 aliphatic rings. The molecule has 1 aromatic carbocycles. The second-order valence-corrected chi connectivity index (χ2v) is 6.55. The predicted molar refractivity (Wildman–Crippen MR) is 98.0 cm³/mol. The topological polar surface area (TPSA) is 87.7 Å². The lowest BCUT2D eigenvalue weighted by atomic mass is 9.97. The molecule has 1 saturated heterocycles. The summed E-state index contributed by atoms with van der Waals surface area (Å²) in [5.41, 5.74) is 0.403. The van der Waals surface area contributed by atoms with Crippen molar-refractivity contribution in [3.05, 3.63) is 34.9 Å². The second-order valence-electron chi connectivity index (χ2n) is 6.14. The van der Waals surface area contributed by atoms with E-state index in [1.165, 1.54) is 7.11 Å². The fourth-order valence-corrected chi connectivity index (χ4v) is 3.10. The molecule has 1 heterocycles. The van der Waals surface area contributed by atoms with Gasteiger partial charge in [0.15, 0.2) is 0 Å². The summed E-state index contributed by atoms with van der Waals surface area (Å²) in [6.45, 7) is 1.70. The molecule has 3 amide bonds. The molecule has 0 unspecified atom stereocenters. The van der Waals surface area contributed by atoms with Crippen LogP contribution in [-0.2, 0) is 14.3 Å². The number of nitrogens with zero attached hydrogens (tertiary/aromatic N) is 1. The molecule has 1 atom stereocenters. The highest BCUT2D eigenvalue weighted by molar-refractivity contribution is 6.33. The molecule has 7 nitrogen and oxygen atoms in total. The summed E-state index contributed by atoms with van der Waals surface area (Å²) in [6, 6.07) is 6.79. The van der Waals surface area contributed by atoms with E-state index in [0.29, 0.717) is 36.8 Å². The molecule has 0 bridgehead atoms. The van der Waals surface area contributed by atoms with Crippen molar-refractivity contribution in [3.8, 4) is 0 Å². The Labute approximate surface area is 158 Å². The molecule has 0 aromatic heterocycles. The lowest BCUT2D eigenvalue weighted by molar-refractivity contribution is -0.138. The van der Waals surface area contributed by atoms with Crippen LogP contribution in [0, 0.1) is 5.92 Å². The van der Waals surface area contributed by atoms with Crippen molar-refractivity contribution in [2.45, 2.75) is 12.8 Å². The van der Waals surface area contributed by atoms with Gasteiger partial charge < -0.3 is 20.3 Å². The number of nitrogens with one attached hydrogen (secondary N) is 2. The quantitative estimate of drug-likeness (QED) is 0.691. The van der Waals surface area contributed by atoms with Crippen molar-refractivity contribution in [1.29, 1.82) is 0 Å². The summed E-state index contributed by atoms with van der Waals surface area (Å²) >= 11 is 5.97. The van der Waals surface area contributed by atoms with Crippen LogP contribution in [0.1, 0.15) is 23.2 Å². The Morgan fingerprint density at radius 2 is 1.96 bits per heavy atom. The molecule has 0 saturated carbocycles. The fourth-order valence-electron chi connectivity index (χ4n) is 2.88. The molecular weight excluding hydrogens is 358 g/mol. The minimum atomic E-state index is -0.279. The van der Waals surface area contributed by atoms with Crippen LogP contribution in [0.4, 0.5) is 0 Å². The van der Waals surface area contributed by atoms with E-state index < -0.39 is 0 Å². The zero-order valence-electron chi connectivity index (χ0n) is 14.8. The molecular formula is C18H24ClN3O4. The van der Waals surface area contributed by atoms with Crippen LogP contribution in [-0.4, -0.2) is 62.5 Å². The van der Waals surface area contributed by atoms with Crippen LogP contribution in [0.15, 0.2) is 24.3 Å². The van der Waals surface area contributed by atoms with Gasteiger partial charge in [0.05, 0.1) is 16.5 Å². The van der Waals surface area contributed by atoms with Gasteiger partial charge in [-0.2, -0.15) is 0 Å². The number of halogens is 1. The van der Waals surface area contributed by atoms with Crippen LogP contribution in [0.2, 0.25) is 5.02 Å². The van der Waals surface area contributed by atoms with Gasteiger partial charge in [-0.3, -0.25) is 14.4 Å². The standard InChI is InChI=1S/C18H24ClN3O4/c1-26-12-16(23)22-10-4-5-13(11-22)17(24)20-8-9-21-18(25)14-6-2-3-7-15(14)19/h2-3,6-7,13H,4-5,8-12H2,1H3,(H,20,24)(H,21,25)/t13-/m1/s1. The smallest absolute Gasteiger partial charge is 0.252 e. The average Bonchev–Trinajstić information content (AvgIpc) is 2.65. The van der Waals surface area contributed by atoms with Gasteiger partial charge in [0.2, 0.25) is 11.8 Å². The number of methoxy groups -OCH3 is 1. The molecule has 1 aromatic rings. The fraction of sp³-hybridized carbons (Fsp3) is 0.500. The number of amides is 3. The SMILES string of the molecule is COCC(=O)N1CCC[C@@H](C(=O)NCCNC(=O)c2ccccc2Cl)C1. The monoisotopic (exact) mass is 381 g/mol. The van der Waals surface area contributed by atoms with Gasteiger partial charge in [0.25, 0.3) is 5.91 Å². The van der Waals surface area contributed by atoms with E-state index in [4.69, 9.17) is 16.3 Å². The highest BCUT2D eigenvalue weighted by atomic mass is 35.5. The van der Waals surface area contributed by atoms with E-state index in [1.807, 2.05) is 0 Å². The van der Waals surface area contributed by atoms with Crippen LogP contribution in [0.3, 0.4) is 0 Å². The molecule has 0 spiro atoms. The highest BCUT2D eigenvalue weighted by Crippen LogP contribution is 2.17. The Morgan fingerprint density at radius 3 is 2.69 bits per heavy atom. The van der Waals surface area contributed by atoms with E-state index in [2.05, 4.69) is 10.6 Å². The maximum atomic E-state index is 12.3. The van der Waals surface area contributed by atoms with Crippen LogP contribution in [0.25, 0.3) is 0 Å². The van der Waals surface area contributed by atoms with Crippen LogP contribution >= 0.6 is 11.6 Å². The first-order valence-corrected chi connectivity index (χ1v) is 8.98. The van der Waals surface area contributed by atoms with E-state index in [-0.39, 0.29) is 30.2 Å². The predicted octanol–water partition coefficient (Wildman–Crippen LogP) is 1.07. The van der Waals surface area contributed by atoms with Gasteiger partial charge in [-0.05, 0) is 25.0 Å². The van der Waals surface area contributed by atoms with Crippen molar-refractivity contribution in [3.63, 3.8) is 0 Å². The summed E-state index contributed by atoms with van der Waals surface area (Å²) in [6.07, 6.45) is 1.53. The van der Waals surface area contributed by atoms with E-state index in [0.717, 1.165) is 12.8 Å². The molecule has 1 aliphatic heterocycles. The molecule has 2 rings (SSSR count). The number of piperidine rings is 1. The van der Waals surface area contributed by atoms with Gasteiger partial charge >= 0.3 is 0 Å². The van der Waals surface area contributed by atoms with Gasteiger partial charge in [0, 0.05) is 33.3 Å². The maximum Gasteiger partial charge on any atom is 0.252 e. The molecule has 26 heavy (non-hydrogen) atoms. The third-order valence-corrected chi connectivity index (χ3v) is 4.57. The molecule has 0 radical (unpaired) electrons. The highest BCUT2D eigenvalue weighted by Gasteiger charge is 2.28. The molecule has 8 heteroatoms. The normalized spacial score (nSPS) is 16.8. The Kier molecular flexibility index (Phi) is 7.87. The summed E-state index contributed by atoms with van der Waals surface area (Å²) in [5.74, 6) is -0.716. The maximum absolute atomic E-state index is 12.3. The lowest BCUT2D eigenvalue weighted by Gasteiger charge is -2.31. The van der Waals surface area contributed by atoms with Gasteiger partial charge in [-0.25, -0.2) is 0 Å². The Balaban J connectivity index is 1.72. The number of carbonyl (C=O) groups excluding carboxylic acids is 3. The molecule has 142 valence electrons. The minimum Gasteiger partial charge on any atom is -0.375 e. The summed E-state index contributed by atoms with van der Waals surface area (Å²) in [5, 5.41) is 5.92. The Morgan fingerprint density at radius 1 is 1.23 bits per heavy atom. The third-order valence-electron chi connectivity index (χ3n) is 4.24. The minimum absolute atomic E-state index is 0.0302. The van der Waals surface area contributed by atoms with Gasteiger partial charge in [-0.1, -0.05) is 23.7 Å². The Hall–Kier alpha value is -2.12. The van der Waals surface area contributed by atoms with E-state index >= 15 is 0 Å². The van der Waals surface area contributed by atoms with Crippen LogP contribution < -0.4 is 10.6 Å². The molecule has 0 aliphatic carbocycles. The van der Waals surface area contributed by atoms with E-state index in [1.54, 1.807) is 29.2 Å². The lowest BCUT2D eigenvalue weighted by Crippen LogP contribution is -2.47. The number of benzene rings is 1. The van der Waals surface area contributed by atoms with Gasteiger partial charge in [-0.15, -0.1) is 0 Å².